The van der Waals surface area contributed by atoms with Crippen molar-refractivity contribution in [2.45, 2.75) is 18.4 Å². The first-order chi connectivity index (χ1) is 12.6. The summed E-state index contributed by atoms with van der Waals surface area (Å²) < 4.78 is 8.06. The molecule has 2 fully saturated rings. The number of rotatable bonds is 2. The van der Waals surface area contributed by atoms with Crippen LogP contribution < -0.4 is 0 Å². The number of morpholine rings is 1. The molecule has 0 bridgehead atoms. The topological polar surface area (TPSA) is 50.6 Å². The van der Waals surface area contributed by atoms with Crippen molar-refractivity contribution in [3.8, 4) is 11.4 Å². The Labute approximate surface area is 154 Å². The summed E-state index contributed by atoms with van der Waals surface area (Å²) in [6, 6.07) is 7.75. The van der Waals surface area contributed by atoms with Gasteiger partial charge in [0.15, 0.2) is 0 Å². The van der Waals surface area contributed by atoms with Gasteiger partial charge in [0, 0.05) is 51.2 Å². The molecule has 4 rings (SSSR count). The zero-order chi connectivity index (χ0) is 18.1. The zero-order valence-electron chi connectivity index (χ0n) is 15.5. The molecule has 0 atom stereocenters. The van der Waals surface area contributed by atoms with Crippen molar-refractivity contribution in [1.82, 2.24) is 19.4 Å². The van der Waals surface area contributed by atoms with Gasteiger partial charge in [-0.05, 0) is 26.0 Å². The summed E-state index contributed by atoms with van der Waals surface area (Å²) >= 11 is 0. The highest BCUT2D eigenvalue weighted by atomic mass is 16.5. The third kappa shape index (κ3) is 3.15. The van der Waals surface area contributed by atoms with Crippen molar-refractivity contribution in [3.63, 3.8) is 0 Å². The smallest absolute Gasteiger partial charge is 0.254 e. The highest BCUT2D eigenvalue weighted by Crippen LogP contribution is 2.31. The van der Waals surface area contributed by atoms with E-state index in [4.69, 9.17) is 4.74 Å². The Balaban J connectivity index is 1.52. The van der Waals surface area contributed by atoms with Crippen LogP contribution in [0.3, 0.4) is 0 Å². The molecule has 6 heteroatoms. The quantitative estimate of drug-likeness (QED) is 0.828. The third-order valence-corrected chi connectivity index (χ3v) is 5.62. The van der Waals surface area contributed by atoms with Gasteiger partial charge in [0.25, 0.3) is 5.91 Å². The molecule has 0 radical (unpaired) electrons. The minimum Gasteiger partial charge on any atom is -0.372 e. The number of benzene rings is 1. The summed E-state index contributed by atoms with van der Waals surface area (Å²) in [6.07, 6.45) is 5.46. The Bertz CT molecular complexity index is 793. The standard InChI is InChI=1S/C20H26N4O2/c1-22-13-14-26-20(15-22)7-10-24(11-8-20)19(25)17-6-4-3-5-16(17)18-21-9-12-23(18)2/h3-6,9,12H,7-8,10-11,13-15H2,1-2H3. The summed E-state index contributed by atoms with van der Waals surface area (Å²) in [4.78, 5) is 21.9. The van der Waals surface area contributed by atoms with E-state index in [9.17, 15) is 4.79 Å². The van der Waals surface area contributed by atoms with Crippen molar-refractivity contribution >= 4 is 5.91 Å². The molecule has 1 aromatic carbocycles. The summed E-state index contributed by atoms with van der Waals surface area (Å²) in [5.74, 6) is 0.905. The molecule has 0 unspecified atom stereocenters. The number of amides is 1. The summed E-state index contributed by atoms with van der Waals surface area (Å²) in [7, 11) is 4.09. The first-order valence-electron chi connectivity index (χ1n) is 9.26. The first kappa shape index (κ1) is 17.2. The molecule has 0 aliphatic carbocycles. The fraction of sp³-hybridized carbons (Fsp3) is 0.500. The Kier molecular flexibility index (Phi) is 4.54. The second kappa shape index (κ2) is 6.85. The van der Waals surface area contributed by atoms with Gasteiger partial charge in [-0.3, -0.25) is 4.79 Å². The zero-order valence-corrected chi connectivity index (χ0v) is 15.5. The van der Waals surface area contributed by atoms with Gasteiger partial charge in [0.2, 0.25) is 0 Å². The molecule has 26 heavy (non-hydrogen) atoms. The van der Waals surface area contributed by atoms with Crippen LogP contribution in [-0.4, -0.2) is 70.7 Å². The lowest BCUT2D eigenvalue weighted by Gasteiger charge is -2.46. The number of hydrogen-bond donors (Lipinski definition) is 0. The number of carbonyl (C=O) groups excluding carboxylic acids is 1. The van der Waals surface area contributed by atoms with Crippen LogP contribution in [-0.2, 0) is 11.8 Å². The lowest BCUT2D eigenvalue weighted by atomic mass is 9.89. The fourth-order valence-corrected chi connectivity index (χ4v) is 4.11. The molecule has 2 aliphatic rings. The normalized spacial score (nSPS) is 20.5. The van der Waals surface area contributed by atoms with Crippen LogP contribution in [0.4, 0.5) is 0 Å². The molecule has 1 aromatic heterocycles. The summed E-state index contributed by atoms with van der Waals surface area (Å²) in [5, 5.41) is 0. The van der Waals surface area contributed by atoms with Crippen molar-refractivity contribution in [1.29, 1.82) is 0 Å². The molecule has 1 spiro atoms. The number of hydrogen-bond acceptors (Lipinski definition) is 4. The van der Waals surface area contributed by atoms with Gasteiger partial charge in [0.05, 0.1) is 17.8 Å². The molecule has 0 saturated carbocycles. The molecular weight excluding hydrogens is 328 g/mol. The maximum absolute atomic E-state index is 13.2. The van der Waals surface area contributed by atoms with E-state index < -0.39 is 0 Å². The van der Waals surface area contributed by atoms with Gasteiger partial charge in [-0.2, -0.15) is 0 Å². The molecule has 0 N–H and O–H groups in total. The van der Waals surface area contributed by atoms with E-state index in [0.29, 0.717) is 0 Å². The molecule has 1 amide bonds. The Morgan fingerprint density at radius 3 is 2.62 bits per heavy atom. The van der Waals surface area contributed by atoms with Gasteiger partial charge in [-0.1, -0.05) is 18.2 Å². The molecule has 6 nitrogen and oxygen atoms in total. The Morgan fingerprint density at radius 1 is 1.15 bits per heavy atom. The van der Waals surface area contributed by atoms with E-state index >= 15 is 0 Å². The largest absolute Gasteiger partial charge is 0.372 e. The maximum atomic E-state index is 13.2. The van der Waals surface area contributed by atoms with Gasteiger partial charge in [-0.25, -0.2) is 4.98 Å². The van der Waals surface area contributed by atoms with Gasteiger partial charge >= 0.3 is 0 Å². The maximum Gasteiger partial charge on any atom is 0.254 e. The van der Waals surface area contributed by atoms with Crippen LogP contribution in [0, 0.1) is 0 Å². The average Bonchev–Trinajstić information content (AvgIpc) is 3.07. The lowest BCUT2D eigenvalue weighted by Crippen LogP contribution is -2.56. The van der Waals surface area contributed by atoms with Crippen LogP contribution in [0.25, 0.3) is 11.4 Å². The van der Waals surface area contributed by atoms with Crippen LogP contribution in [0.15, 0.2) is 36.7 Å². The minimum atomic E-state index is -0.0804. The monoisotopic (exact) mass is 354 g/mol. The van der Waals surface area contributed by atoms with E-state index in [2.05, 4.69) is 16.9 Å². The van der Waals surface area contributed by atoms with E-state index in [-0.39, 0.29) is 11.5 Å². The molecular formula is C20H26N4O2. The van der Waals surface area contributed by atoms with Crippen molar-refractivity contribution in [3.05, 3.63) is 42.2 Å². The van der Waals surface area contributed by atoms with E-state index in [1.165, 1.54) is 0 Å². The molecule has 138 valence electrons. The van der Waals surface area contributed by atoms with Crippen molar-refractivity contribution < 1.29 is 9.53 Å². The minimum absolute atomic E-state index is 0.0804. The number of imidazole rings is 1. The SMILES string of the molecule is CN1CCOC2(CCN(C(=O)c3ccccc3-c3nccn3C)CC2)C1. The number of ether oxygens (including phenoxy) is 1. The number of piperidine rings is 1. The fourth-order valence-electron chi connectivity index (χ4n) is 4.11. The van der Waals surface area contributed by atoms with E-state index in [1.54, 1.807) is 6.20 Å². The second-order valence-electron chi connectivity index (χ2n) is 7.47. The van der Waals surface area contributed by atoms with Crippen LogP contribution >= 0.6 is 0 Å². The number of aromatic nitrogens is 2. The number of likely N-dealkylation sites (N-methyl/N-ethyl adjacent to an activating group) is 1. The molecule has 2 aliphatic heterocycles. The predicted molar refractivity (Wildman–Crippen MR) is 100.0 cm³/mol. The molecule has 2 aromatic rings. The summed E-state index contributed by atoms with van der Waals surface area (Å²) in [5.41, 5.74) is 1.53. The third-order valence-electron chi connectivity index (χ3n) is 5.62. The predicted octanol–water partition coefficient (Wildman–Crippen LogP) is 2.02. The Hall–Kier alpha value is -2.18. The highest BCUT2D eigenvalue weighted by molar-refractivity contribution is 6.00. The van der Waals surface area contributed by atoms with Crippen molar-refractivity contribution in [2.75, 3.05) is 39.8 Å². The molecule has 3 heterocycles. The average molecular weight is 354 g/mol. The van der Waals surface area contributed by atoms with Crippen LogP contribution in [0.5, 0.6) is 0 Å². The number of nitrogens with zero attached hydrogens (tertiary/aromatic N) is 4. The number of carbonyl (C=O) groups is 1. The highest BCUT2D eigenvalue weighted by Gasteiger charge is 2.40. The molecule has 2 saturated heterocycles. The second-order valence-corrected chi connectivity index (χ2v) is 7.47. The van der Waals surface area contributed by atoms with Crippen molar-refractivity contribution in [2.24, 2.45) is 7.05 Å². The number of aryl methyl sites for hydroxylation is 1. The van der Waals surface area contributed by atoms with Gasteiger partial charge < -0.3 is 19.1 Å². The van der Waals surface area contributed by atoms with E-state index in [1.807, 2.05) is 47.0 Å². The van der Waals surface area contributed by atoms with E-state index in [0.717, 1.165) is 62.6 Å². The Morgan fingerprint density at radius 2 is 1.92 bits per heavy atom. The summed E-state index contributed by atoms with van der Waals surface area (Å²) in [6.45, 7) is 4.20. The van der Waals surface area contributed by atoms with Crippen LogP contribution in [0.1, 0.15) is 23.2 Å². The first-order valence-corrected chi connectivity index (χ1v) is 9.26. The lowest BCUT2D eigenvalue weighted by molar-refractivity contribution is -0.127. The van der Waals surface area contributed by atoms with Crippen LogP contribution in [0.2, 0.25) is 0 Å². The van der Waals surface area contributed by atoms with Gasteiger partial charge in [0.1, 0.15) is 5.82 Å². The van der Waals surface area contributed by atoms with Gasteiger partial charge in [-0.15, -0.1) is 0 Å². The number of likely N-dealkylation sites (tertiary alicyclic amines) is 1.